The second-order valence-corrected chi connectivity index (χ2v) is 10.1. The highest BCUT2D eigenvalue weighted by molar-refractivity contribution is 8.01. The molecular weight excluding hydrogens is 534 g/mol. The van der Waals surface area contributed by atoms with Crippen molar-refractivity contribution in [3.05, 3.63) is 29.2 Å². The van der Waals surface area contributed by atoms with E-state index < -0.39 is 29.2 Å². The first-order valence-electron chi connectivity index (χ1n) is 9.97. The van der Waals surface area contributed by atoms with Gasteiger partial charge in [0.1, 0.15) is 29.2 Å². The lowest BCUT2D eigenvalue weighted by Crippen LogP contribution is -2.71. The lowest BCUT2D eigenvalue weighted by molar-refractivity contribution is -0.150. The summed E-state index contributed by atoms with van der Waals surface area (Å²) >= 11 is 3.50. The zero-order valence-electron chi connectivity index (χ0n) is 18.1. The van der Waals surface area contributed by atoms with Crippen LogP contribution in [-0.4, -0.2) is 98.1 Å². The lowest BCUT2D eigenvalue weighted by Gasteiger charge is -2.49. The van der Waals surface area contributed by atoms with E-state index in [0.717, 1.165) is 11.5 Å². The summed E-state index contributed by atoms with van der Waals surface area (Å²) in [6, 6.07) is 2.45. The largest absolute Gasteiger partial charge is 0.477 e. The molecule has 0 spiro atoms. The number of β-lactam (4-membered cyclic amide) rings is 1. The molecule has 3 aromatic heterocycles. The number of fused-ring (bicyclic) bond motifs is 2. The van der Waals surface area contributed by atoms with Crippen molar-refractivity contribution in [2.24, 2.45) is 5.16 Å². The Morgan fingerprint density at radius 3 is 2.97 bits per heavy atom. The van der Waals surface area contributed by atoms with E-state index in [1.165, 1.54) is 40.2 Å². The van der Waals surface area contributed by atoms with Crippen LogP contribution in [0.15, 0.2) is 33.6 Å². The number of rotatable bonds is 8. The Labute approximate surface area is 213 Å². The minimum Gasteiger partial charge on any atom is -0.477 e. The van der Waals surface area contributed by atoms with Crippen LogP contribution in [0.25, 0.3) is 5.65 Å². The molecule has 36 heavy (non-hydrogen) atoms. The molecule has 3 aromatic rings. The maximum Gasteiger partial charge on any atom is 0.352 e. The third kappa shape index (κ3) is 4.31. The van der Waals surface area contributed by atoms with Crippen molar-refractivity contribution < 1.29 is 24.3 Å². The van der Waals surface area contributed by atoms with Gasteiger partial charge in [-0.15, -0.1) is 38.4 Å². The van der Waals surface area contributed by atoms with Crippen LogP contribution in [0.4, 0.5) is 5.13 Å². The number of aliphatic carboxylic acids is 1. The van der Waals surface area contributed by atoms with E-state index in [4.69, 9.17) is 10.6 Å². The monoisotopic (exact) mass is 549 g/mol. The Bertz CT molecular complexity index is 1440. The van der Waals surface area contributed by atoms with Gasteiger partial charge in [0, 0.05) is 23.0 Å². The minimum atomic E-state index is -1.23. The van der Waals surface area contributed by atoms with Gasteiger partial charge < -0.3 is 21.0 Å². The number of carbonyl (C=O) groups excluding carboxylic acids is 2. The lowest BCUT2D eigenvalue weighted by atomic mass is 10.0. The van der Waals surface area contributed by atoms with Gasteiger partial charge in [0.15, 0.2) is 10.8 Å². The zero-order valence-corrected chi connectivity index (χ0v) is 20.6. The highest BCUT2D eigenvalue weighted by Crippen LogP contribution is 2.41. The van der Waals surface area contributed by atoms with Crippen LogP contribution in [0, 0.1) is 0 Å². The normalized spacial score (nSPS) is 19.8. The average molecular weight is 550 g/mol. The van der Waals surface area contributed by atoms with Crippen molar-refractivity contribution in [2.75, 3.05) is 24.3 Å². The van der Waals surface area contributed by atoms with E-state index in [-0.39, 0.29) is 28.1 Å². The van der Waals surface area contributed by atoms with Crippen LogP contribution in [0.1, 0.15) is 5.82 Å². The molecule has 1 saturated heterocycles. The van der Waals surface area contributed by atoms with E-state index >= 15 is 0 Å². The van der Waals surface area contributed by atoms with Gasteiger partial charge >= 0.3 is 5.97 Å². The van der Waals surface area contributed by atoms with Crippen LogP contribution >= 0.6 is 35.1 Å². The summed E-state index contributed by atoms with van der Waals surface area (Å²) < 4.78 is 5.21. The molecule has 0 aromatic carbocycles. The first-order chi connectivity index (χ1) is 17.4. The summed E-state index contributed by atoms with van der Waals surface area (Å²) in [4.78, 5) is 47.6. The van der Waals surface area contributed by atoms with Crippen LogP contribution in [-0.2, 0) is 19.2 Å². The van der Waals surface area contributed by atoms with Crippen molar-refractivity contribution in [3.63, 3.8) is 0 Å². The highest BCUT2D eigenvalue weighted by Gasteiger charge is 2.54. The standard InChI is InChI=1S/C17H15N11O5S3/c1-33-23-9(12-20-17(18)36-24-12)13(29)19-10-14(30)27-11(16(31)32)6(5-35-15(10)27)4-34-8-3-2-7-21-25-26-28(7)22-8/h2-3,10,15H,4-5H2,1H3,(H,19,29)(H,31,32)(H2,18,20,24)/b23-9+/t10?,15-/m1/s1. The van der Waals surface area contributed by atoms with Gasteiger partial charge in [-0.2, -0.15) is 9.36 Å². The van der Waals surface area contributed by atoms with E-state index in [0.29, 0.717) is 22.0 Å². The molecule has 0 bridgehead atoms. The second-order valence-electron chi connectivity index (χ2n) is 7.18. The van der Waals surface area contributed by atoms with Crippen LogP contribution < -0.4 is 11.1 Å². The molecule has 5 heterocycles. The molecule has 2 aliphatic rings. The summed E-state index contributed by atoms with van der Waals surface area (Å²) in [7, 11) is 1.25. The minimum absolute atomic E-state index is 0.0457. The molecular formula is C17H15N11O5S3. The number of nitrogens with zero attached hydrogens (tertiary/aromatic N) is 9. The SMILES string of the molecule is CO/N=C(/C(=O)NC1C(=O)N2C(C(=O)O)=C(CSc3ccc4nnnn4n3)CS[C@H]12)c1nsc(N)n1. The van der Waals surface area contributed by atoms with Gasteiger partial charge in [0.05, 0.1) is 0 Å². The molecule has 2 atom stereocenters. The number of carbonyl (C=O) groups is 3. The van der Waals surface area contributed by atoms with Gasteiger partial charge in [-0.1, -0.05) is 5.16 Å². The Morgan fingerprint density at radius 2 is 2.25 bits per heavy atom. The number of thioether (sulfide) groups is 2. The van der Waals surface area contributed by atoms with Gasteiger partial charge in [-0.3, -0.25) is 14.5 Å². The fourth-order valence-corrected chi connectivity index (χ4v) is 6.25. The van der Waals surface area contributed by atoms with Gasteiger partial charge in [-0.25, -0.2) is 4.79 Å². The Kier molecular flexibility index (Phi) is 6.41. The molecule has 2 aliphatic heterocycles. The van der Waals surface area contributed by atoms with Crippen LogP contribution in [0.2, 0.25) is 0 Å². The fraction of sp³-hybridized carbons (Fsp3) is 0.294. The molecule has 5 rings (SSSR count). The third-order valence-electron chi connectivity index (χ3n) is 5.03. The number of nitrogen functional groups attached to an aromatic ring is 1. The van der Waals surface area contributed by atoms with E-state index in [1.807, 2.05) is 0 Å². The summed E-state index contributed by atoms with van der Waals surface area (Å²) in [5, 5.41) is 31.5. The quantitative estimate of drug-likeness (QED) is 0.131. The van der Waals surface area contributed by atoms with Crippen LogP contribution in [0.3, 0.4) is 0 Å². The number of aromatic nitrogens is 7. The van der Waals surface area contributed by atoms with E-state index in [1.54, 1.807) is 12.1 Å². The van der Waals surface area contributed by atoms with Gasteiger partial charge in [0.2, 0.25) is 11.5 Å². The second kappa shape index (κ2) is 9.66. The number of carboxylic acid groups (broad SMARTS) is 1. The smallest absolute Gasteiger partial charge is 0.352 e. The van der Waals surface area contributed by atoms with Gasteiger partial charge in [0.25, 0.3) is 11.8 Å². The van der Waals surface area contributed by atoms with Crippen molar-refractivity contribution in [1.29, 1.82) is 0 Å². The Balaban J connectivity index is 1.30. The molecule has 1 unspecified atom stereocenters. The first-order valence-corrected chi connectivity index (χ1v) is 12.8. The molecule has 0 aliphatic carbocycles. The number of tetrazole rings is 1. The third-order valence-corrected chi connectivity index (χ3v) is 7.92. The maximum atomic E-state index is 12.9. The summed E-state index contributed by atoms with van der Waals surface area (Å²) in [6.45, 7) is 0. The summed E-state index contributed by atoms with van der Waals surface area (Å²) in [5.74, 6) is -1.97. The Morgan fingerprint density at radius 1 is 1.42 bits per heavy atom. The molecule has 4 N–H and O–H groups in total. The molecule has 2 amide bonds. The average Bonchev–Trinajstić information content (AvgIpc) is 3.51. The number of hydrogen-bond acceptors (Lipinski definition) is 15. The first kappa shape index (κ1) is 23.9. The fourth-order valence-electron chi connectivity index (χ4n) is 3.48. The molecule has 0 saturated carbocycles. The Hall–Kier alpha value is -3.84. The van der Waals surface area contributed by atoms with E-state index in [9.17, 15) is 19.5 Å². The highest BCUT2D eigenvalue weighted by atomic mass is 32.2. The van der Waals surface area contributed by atoms with Crippen molar-refractivity contribution >= 4 is 69.3 Å². The summed E-state index contributed by atoms with van der Waals surface area (Å²) in [6.07, 6.45) is 0. The molecule has 19 heteroatoms. The topological polar surface area (TPSA) is 216 Å². The van der Waals surface area contributed by atoms with E-state index in [2.05, 4.69) is 40.5 Å². The molecule has 0 radical (unpaired) electrons. The number of oxime groups is 1. The molecule has 1 fully saturated rings. The number of amides is 2. The molecule has 186 valence electrons. The van der Waals surface area contributed by atoms with Crippen molar-refractivity contribution in [2.45, 2.75) is 16.4 Å². The predicted molar refractivity (Wildman–Crippen MR) is 127 cm³/mol. The molecule has 16 nitrogen and oxygen atoms in total. The number of anilines is 1. The number of carboxylic acids is 1. The van der Waals surface area contributed by atoms with Crippen LogP contribution in [0.5, 0.6) is 0 Å². The predicted octanol–water partition coefficient (Wildman–Crippen LogP) is -1.17. The number of hydrogen-bond donors (Lipinski definition) is 3. The number of nitrogens with two attached hydrogens (primary N) is 1. The number of nitrogens with one attached hydrogen (secondary N) is 1. The zero-order chi connectivity index (χ0) is 25.4. The van der Waals surface area contributed by atoms with Gasteiger partial charge in [-0.05, 0) is 28.1 Å². The maximum absolute atomic E-state index is 12.9. The van der Waals surface area contributed by atoms with Crippen molar-refractivity contribution in [3.8, 4) is 0 Å². The van der Waals surface area contributed by atoms with Crippen molar-refractivity contribution in [1.82, 2.24) is 44.8 Å². The summed E-state index contributed by atoms with van der Waals surface area (Å²) in [5.41, 5.74) is 6.24.